The molecule has 0 spiro atoms. The molecule has 0 saturated heterocycles. The van der Waals surface area contributed by atoms with Crippen molar-refractivity contribution in [2.75, 3.05) is 6.26 Å². The molecule has 9 heteroatoms. The van der Waals surface area contributed by atoms with Gasteiger partial charge in [-0.25, -0.2) is 26.7 Å². The van der Waals surface area contributed by atoms with Crippen LogP contribution in [0.1, 0.15) is 5.69 Å². The zero-order valence-corrected chi connectivity index (χ0v) is 16.2. The Kier molecular flexibility index (Phi) is 4.34. The molecule has 0 saturated carbocycles. The number of nitrogens with one attached hydrogen (secondary N) is 1. The summed E-state index contributed by atoms with van der Waals surface area (Å²) >= 11 is 0. The third-order valence-corrected chi connectivity index (χ3v) is 5.71. The van der Waals surface area contributed by atoms with Crippen molar-refractivity contribution in [3.8, 4) is 22.4 Å². The third-order valence-electron chi connectivity index (χ3n) is 4.58. The van der Waals surface area contributed by atoms with Crippen LogP contribution in [0.15, 0.2) is 58.2 Å². The minimum absolute atomic E-state index is 0.152. The van der Waals surface area contributed by atoms with Gasteiger partial charge in [0.2, 0.25) is 0 Å². The third kappa shape index (κ3) is 3.33. The van der Waals surface area contributed by atoms with Gasteiger partial charge in [-0.05, 0) is 36.8 Å². The van der Waals surface area contributed by atoms with E-state index in [2.05, 4.69) is 10.1 Å². The predicted octanol–water partition coefficient (Wildman–Crippen LogP) is 3.35. The Hall–Kier alpha value is -3.33. The summed E-state index contributed by atoms with van der Waals surface area (Å²) in [5.41, 5.74) is 2.14. The van der Waals surface area contributed by atoms with Gasteiger partial charge in [0.1, 0.15) is 0 Å². The number of rotatable bonds is 3. The first kappa shape index (κ1) is 19.0. The zero-order chi connectivity index (χ0) is 20.9. The molecule has 4 rings (SSSR count). The molecule has 148 valence electrons. The van der Waals surface area contributed by atoms with Crippen molar-refractivity contribution in [3.05, 3.63) is 76.2 Å². The molecule has 0 bridgehead atoms. The standard InChI is InChI=1S/C20H15F2N3O3S/c1-11-19(13-5-8-15(21)16(22)9-13)20-23-17(10-18(26)25(20)24-11)12-3-6-14(7-4-12)29(2,27)28/h3-10,24H,1-2H3. The van der Waals surface area contributed by atoms with Gasteiger partial charge in [0.15, 0.2) is 27.1 Å². The van der Waals surface area contributed by atoms with E-state index < -0.39 is 27.0 Å². The van der Waals surface area contributed by atoms with Gasteiger partial charge >= 0.3 is 0 Å². The van der Waals surface area contributed by atoms with Crippen LogP contribution < -0.4 is 5.56 Å². The average molecular weight is 415 g/mol. The van der Waals surface area contributed by atoms with Crippen molar-refractivity contribution >= 4 is 15.5 Å². The minimum atomic E-state index is -3.35. The fourth-order valence-electron chi connectivity index (χ4n) is 3.17. The first-order chi connectivity index (χ1) is 13.6. The van der Waals surface area contributed by atoms with E-state index in [0.717, 1.165) is 18.4 Å². The van der Waals surface area contributed by atoms with Gasteiger partial charge in [-0.3, -0.25) is 9.89 Å². The number of H-pyrrole nitrogens is 1. The van der Waals surface area contributed by atoms with E-state index >= 15 is 0 Å². The molecule has 0 aliphatic heterocycles. The quantitative estimate of drug-likeness (QED) is 0.556. The zero-order valence-electron chi connectivity index (χ0n) is 15.4. The molecule has 4 aromatic rings. The molecule has 0 atom stereocenters. The summed E-state index contributed by atoms with van der Waals surface area (Å²) in [6, 6.07) is 10.8. The van der Waals surface area contributed by atoms with Crippen LogP contribution in [0.25, 0.3) is 28.0 Å². The highest BCUT2D eigenvalue weighted by molar-refractivity contribution is 7.90. The molecule has 0 aliphatic carbocycles. The van der Waals surface area contributed by atoms with Gasteiger partial charge in [-0.1, -0.05) is 18.2 Å². The predicted molar refractivity (Wildman–Crippen MR) is 104 cm³/mol. The van der Waals surface area contributed by atoms with Crippen molar-refractivity contribution in [1.82, 2.24) is 14.6 Å². The van der Waals surface area contributed by atoms with Crippen LogP contribution in [0.5, 0.6) is 0 Å². The molecule has 2 aromatic carbocycles. The van der Waals surface area contributed by atoms with E-state index in [9.17, 15) is 22.0 Å². The Morgan fingerprint density at radius 3 is 2.24 bits per heavy atom. The van der Waals surface area contributed by atoms with Crippen molar-refractivity contribution in [1.29, 1.82) is 0 Å². The summed E-state index contributed by atoms with van der Waals surface area (Å²) in [7, 11) is -3.35. The van der Waals surface area contributed by atoms with Gasteiger partial charge in [0.25, 0.3) is 5.56 Å². The number of sulfone groups is 1. The molecule has 1 N–H and O–H groups in total. The molecule has 0 radical (unpaired) electrons. The summed E-state index contributed by atoms with van der Waals surface area (Å²) in [5, 5.41) is 2.88. The van der Waals surface area contributed by atoms with Crippen molar-refractivity contribution in [2.24, 2.45) is 0 Å². The van der Waals surface area contributed by atoms with Crippen LogP contribution >= 0.6 is 0 Å². The van der Waals surface area contributed by atoms with E-state index in [1.54, 1.807) is 19.1 Å². The number of aromatic nitrogens is 3. The molecule has 2 aromatic heterocycles. The van der Waals surface area contributed by atoms with Gasteiger partial charge in [0, 0.05) is 29.1 Å². The number of fused-ring (bicyclic) bond motifs is 1. The Bertz CT molecular complexity index is 1420. The lowest BCUT2D eigenvalue weighted by Gasteiger charge is -2.05. The summed E-state index contributed by atoms with van der Waals surface area (Å²) in [6.45, 7) is 1.70. The maximum Gasteiger partial charge on any atom is 0.273 e. The second-order valence-corrected chi connectivity index (χ2v) is 8.69. The summed E-state index contributed by atoms with van der Waals surface area (Å²) in [6.07, 6.45) is 1.11. The minimum Gasteiger partial charge on any atom is -0.293 e. The van der Waals surface area contributed by atoms with Gasteiger partial charge < -0.3 is 0 Å². The normalized spacial score (nSPS) is 11.9. The summed E-state index contributed by atoms with van der Waals surface area (Å²) < 4.78 is 51.6. The van der Waals surface area contributed by atoms with Crippen LogP contribution in [0, 0.1) is 18.6 Å². The molecule has 6 nitrogen and oxygen atoms in total. The largest absolute Gasteiger partial charge is 0.293 e. The monoisotopic (exact) mass is 415 g/mol. The molecular formula is C20H15F2N3O3S. The van der Waals surface area contributed by atoms with E-state index in [1.165, 1.54) is 28.8 Å². The number of hydrogen-bond donors (Lipinski definition) is 1. The first-order valence-electron chi connectivity index (χ1n) is 8.53. The van der Waals surface area contributed by atoms with Crippen LogP contribution in [-0.4, -0.2) is 29.3 Å². The lowest BCUT2D eigenvalue weighted by atomic mass is 10.1. The van der Waals surface area contributed by atoms with Crippen LogP contribution in [0.4, 0.5) is 8.78 Å². The summed E-state index contributed by atoms with van der Waals surface area (Å²) in [5.74, 6) is -1.97. The van der Waals surface area contributed by atoms with Gasteiger partial charge in [-0.2, -0.15) is 0 Å². The van der Waals surface area contributed by atoms with Crippen molar-refractivity contribution < 1.29 is 17.2 Å². The van der Waals surface area contributed by atoms with Crippen LogP contribution in [-0.2, 0) is 9.84 Å². The van der Waals surface area contributed by atoms with Crippen molar-refractivity contribution in [3.63, 3.8) is 0 Å². The molecule has 0 fully saturated rings. The average Bonchev–Trinajstić information content (AvgIpc) is 3.00. The number of benzene rings is 2. The lowest BCUT2D eigenvalue weighted by molar-refractivity contribution is 0.509. The van der Waals surface area contributed by atoms with E-state index in [0.29, 0.717) is 28.1 Å². The number of halogens is 2. The second kappa shape index (κ2) is 6.63. The molecule has 0 aliphatic rings. The van der Waals surface area contributed by atoms with E-state index in [-0.39, 0.29) is 10.5 Å². The molecule has 0 unspecified atom stereocenters. The van der Waals surface area contributed by atoms with Crippen molar-refractivity contribution in [2.45, 2.75) is 11.8 Å². The Morgan fingerprint density at radius 2 is 1.62 bits per heavy atom. The number of hydrogen-bond acceptors (Lipinski definition) is 4. The molecule has 29 heavy (non-hydrogen) atoms. The fraction of sp³-hybridized carbons (Fsp3) is 0.100. The molecule has 0 amide bonds. The SMILES string of the molecule is Cc1[nH]n2c(=O)cc(-c3ccc(S(C)(=O)=O)cc3)nc2c1-c1ccc(F)c(F)c1. The maximum atomic E-state index is 13.7. The van der Waals surface area contributed by atoms with Crippen LogP contribution in [0.2, 0.25) is 0 Å². The van der Waals surface area contributed by atoms with Gasteiger partial charge in [-0.15, -0.1) is 0 Å². The highest BCUT2D eigenvalue weighted by Gasteiger charge is 2.17. The Balaban J connectivity index is 1.92. The first-order valence-corrected chi connectivity index (χ1v) is 10.4. The number of nitrogens with zero attached hydrogens (tertiary/aromatic N) is 2. The second-order valence-electron chi connectivity index (χ2n) is 6.68. The fourth-order valence-corrected chi connectivity index (χ4v) is 3.80. The Labute approximate surface area is 164 Å². The Morgan fingerprint density at radius 1 is 0.966 bits per heavy atom. The summed E-state index contributed by atoms with van der Waals surface area (Å²) in [4.78, 5) is 17.2. The molecular weight excluding hydrogens is 400 g/mol. The van der Waals surface area contributed by atoms with E-state index in [1.807, 2.05) is 0 Å². The van der Waals surface area contributed by atoms with Gasteiger partial charge in [0.05, 0.1) is 10.6 Å². The lowest BCUT2D eigenvalue weighted by Crippen LogP contribution is -2.14. The number of aromatic amines is 1. The van der Waals surface area contributed by atoms with E-state index in [4.69, 9.17) is 0 Å². The smallest absolute Gasteiger partial charge is 0.273 e. The highest BCUT2D eigenvalue weighted by Crippen LogP contribution is 2.29. The molecule has 2 heterocycles. The number of aryl methyl sites for hydroxylation is 1. The maximum absolute atomic E-state index is 13.7. The highest BCUT2D eigenvalue weighted by atomic mass is 32.2. The van der Waals surface area contributed by atoms with Crippen LogP contribution in [0.3, 0.4) is 0 Å². The topological polar surface area (TPSA) is 84.3 Å².